The molecule has 152 valence electrons. The number of nitro benzene ring substituents is 1. The molecule has 0 aliphatic heterocycles. The average molecular weight is 404 g/mol. The molecule has 0 heterocycles. The third-order valence-electron chi connectivity index (χ3n) is 3.51. The van der Waals surface area contributed by atoms with Crippen molar-refractivity contribution >= 4 is 35.0 Å². The predicted molar refractivity (Wildman–Crippen MR) is 101 cm³/mol. The van der Waals surface area contributed by atoms with E-state index in [1.165, 1.54) is 6.92 Å². The van der Waals surface area contributed by atoms with Crippen LogP contribution in [0.25, 0.3) is 0 Å². The molecule has 0 aromatic heterocycles. The van der Waals surface area contributed by atoms with Crippen LogP contribution in [0, 0.1) is 15.9 Å². The lowest BCUT2D eigenvalue weighted by atomic mass is 10.2. The molecular formula is C18H17FN4O6. The minimum atomic E-state index is -1.07. The zero-order valence-corrected chi connectivity index (χ0v) is 15.2. The van der Waals surface area contributed by atoms with Crippen molar-refractivity contribution in [2.75, 3.05) is 17.2 Å². The number of nitrogens with one attached hydrogen (secondary N) is 3. The summed E-state index contributed by atoms with van der Waals surface area (Å²) < 4.78 is 18.4. The molecule has 2 rings (SSSR count). The lowest BCUT2D eigenvalue weighted by Gasteiger charge is -2.14. The summed E-state index contributed by atoms with van der Waals surface area (Å²) in [4.78, 5) is 45.5. The molecule has 29 heavy (non-hydrogen) atoms. The molecule has 2 aromatic rings. The van der Waals surface area contributed by atoms with Crippen LogP contribution in [0.1, 0.15) is 6.92 Å². The minimum absolute atomic E-state index is 0.416. The molecule has 10 nitrogen and oxygen atoms in total. The number of amides is 3. The molecule has 0 spiro atoms. The Morgan fingerprint density at radius 3 is 2.48 bits per heavy atom. The van der Waals surface area contributed by atoms with Crippen molar-refractivity contribution in [2.45, 2.75) is 13.0 Å². The Morgan fingerprint density at radius 2 is 1.83 bits per heavy atom. The molecular weight excluding hydrogens is 387 g/mol. The van der Waals surface area contributed by atoms with Crippen molar-refractivity contribution in [2.24, 2.45) is 0 Å². The number of ether oxygens (including phenoxy) is 1. The Labute approximate surface area is 164 Å². The molecule has 3 amide bonds. The highest BCUT2D eigenvalue weighted by Crippen LogP contribution is 2.21. The number of nitrogens with zero attached hydrogens (tertiary/aromatic N) is 1. The van der Waals surface area contributed by atoms with Crippen LogP contribution in [0.2, 0.25) is 0 Å². The van der Waals surface area contributed by atoms with Crippen LogP contribution in [0.3, 0.4) is 0 Å². The standard InChI is InChI=1S/C18H17FN4O6/c1-11(20-18(26)21-12-5-3-2-4-6-12)17(25)29-10-16(24)22-15-9-13(23(27)28)7-8-14(15)19/h2-9,11H,10H2,1H3,(H,22,24)(H2,20,21,26)/t11-/m0/s1. The van der Waals surface area contributed by atoms with Gasteiger partial charge in [-0.05, 0) is 25.1 Å². The first kappa shape index (κ1) is 21.3. The van der Waals surface area contributed by atoms with E-state index in [2.05, 4.69) is 16.0 Å². The molecule has 0 aliphatic carbocycles. The maximum Gasteiger partial charge on any atom is 0.328 e. The van der Waals surface area contributed by atoms with Gasteiger partial charge in [0.15, 0.2) is 6.61 Å². The van der Waals surface area contributed by atoms with Crippen LogP contribution < -0.4 is 16.0 Å². The highest BCUT2D eigenvalue weighted by Gasteiger charge is 2.19. The van der Waals surface area contributed by atoms with Crippen molar-refractivity contribution in [1.29, 1.82) is 0 Å². The first-order chi connectivity index (χ1) is 13.8. The summed E-state index contributed by atoms with van der Waals surface area (Å²) in [7, 11) is 0. The largest absolute Gasteiger partial charge is 0.454 e. The molecule has 0 radical (unpaired) electrons. The van der Waals surface area contributed by atoms with E-state index in [0.29, 0.717) is 5.69 Å². The summed E-state index contributed by atoms with van der Waals surface area (Å²) in [5, 5.41) is 17.6. The molecule has 0 aliphatic rings. The fraction of sp³-hybridized carbons (Fsp3) is 0.167. The van der Waals surface area contributed by atoms with Crippen LogP contribution >= 0.6 is 0 Å². The maximum absolute atomic E-state index is 13.6. The molecule has 0 saturated heterocycles. The predicted octanol–water partition coefficient (Wildman–Crippen LogP) is 2.43. The van der Waals surface area contributed by atoms with Gasteiger partial charge in [0.05, 0.1) is 10.6 Å². The van der Waals surface area contributed by atoms with E-state index in [9.17, 15) is 28.9 Å². The van der Waals surface area contributed by atoms with E-state index in [0.717, 1.165) is 18.2 Å². The van der Waals surface area contributed by atoms with E-state index >= 15 is 0 Å². The van der Waals surface area contributed by atoms with Gasteiger partial charge in [0, 0.05) is 17.8 Å². The fourth-order valence-electron chi connectivity index (χ4n) is 2.11. The number of hydrogen-bond acceptors (Lipinski definition) is 6. The topological polar surface area (TPSA) is 140 Å². The average Bonchev–Trinajstić information content (AvgIpc) is 2.68. The zero-order valence-electron chi connectivity index (χ0n) is 15.2. The van der Waals surface area contributed by atoms with Crippen LogP contribution in [0.15, 0.2) is 48.5 Å². The zero-order chi connectivity index (χ0) is 21.4. The summed E-state index contributed by atoms with van der Waals surface area (Å²) in [5.74, 6) is -2.69. The van der Waals surface area contributed by atoms with Gasteiger partial charge in [0.1, 0.15) is 11.9 Å². The molecule has 0 unspecified atom stereocenters. The van der Waals surface area contributed by atoms with Crippen LogP contribution in [-0.2, 0) is 14.3 Å². The number of carbonyl (C=O) groups excluding carboxylic acids is 3. The Balaban J connectivity index is 1.82. The number of rotatable bonds is 7. The van der Waals surface area contributed by atoms with Gasteiger partial charge in [-0.1, -0.05) is 18.2 Å². The van der Waals surface area contributed by atoms with E-state index in [1.54, 1.807) is 30.3 Å². The summed E-state index contributed by atoms with van der Waals surface area (Å²) >= 11 is 0. The van der Waals surface area contributed by atoms with Crippen molar-refractivity contribution in [3.8, 4) is 0 Å². The van der Waals surface area contributed by atoms with Crippen LogP contribution in [0.4, 0.5) is 26.2 Å². The second-order valence-corrected chi connectivity index (χ2v) is 5.76. The quantitative estimate of drug-likeness (QED) is 0.368. The van der Waals surface area contributed by atoms with Gasteiger partial charge in [0.2, 0.25) is 0 Å². The van der Waals surface area contributed by atoms with Gasteiger partial charge >= 0.3 is 12.0 Å². The van der Waals surface area contributed by atoms with Gasteiger partial charge in [-0.15, -0.1) is 0 Å². The van der Waals surface area contributed by atoms with Crippen LogP contribution in [-0.4, -0.2) is 35.5 Å². The minimum Gasteiger partial charge on any atom is -0.454 e. The van der Waals surface area contributed by atoms with Crippen molar-refractivity contribution < 1.29 is 28.4 Å². The third kappa shape index (κ3) is 6.57. The first-order valence-corrected chi connectivity index (χ1v) is 8.29. The lowest BCUT2D eigenvalue weighted by Crippen LogP contribution is -2.42. The number of carbonyl (C=O) groups is 3. The Hall–Kier alpha value is -4.02. The first-order valence-electron chi connectivity index (χ1n) is 8.29. The number of urea groups is 1. The number of hydrogen-bond donors (Lipinski definition) is 3. The van der Waals surface area contributed by atoms with Gasteiger partial charge < -0.3 is 20.7 Å². The Morgan fingerprint density at radius 1 is 1.14 bits per heavy atom. The summed E-state index contributed by atoms with van der Waals surface area (Å²) in [6, 6.07) is 9.41. The summed E-state index contributed by atoms with van der Waals surface area (Å²) in [6.07, 6.45) is 0. The highest BCUT2D eigenvalue weighted by molar-refractivity contribution is 5.95. The second kappa shape index (κ2) is 9.78. The smallest absolute Gasteiger partial charge is 0.328 e. The van der Waals surface area contributed by atoms with E-state index in [-0.39, 0.29) is 0 Å². The molecule has 0 bridgehead atoms. The number of non-ortho nitro benzene ring substituents is 1. The molecule has 0 fully saturated rings. The molecule has 1 atom stereocenters. The fourth-order valence-corrected chi connectivity index (χ4v) is 2.11. The van der Waals surface area contributed by atoms with Crippen molar-refractivity contribution in [3.63, 3.8) is 0 Å². The summed E-state index contributed by atoms with van der Waals surface area (Å²) in [5.41, 5.74) is -0.321. The number of halogens is 1. The second-order valence-electron chi connectivity index (χ2n) is 5.76. The maximum atomic E-state index is 13.6. The SMILES string of the molecule is C[C@H](NC(=O)Nc1ccccc1)C(=O)OCC(=O)Nc1cc([N+](=O)[O-])ccc1F. The van der Waals surface area contributed by atoms with Gasteiger partial charge in [0.25, 0.3) is 11.6 Å². The monoisotopic (exact) mass is 404 g/mol. The normalized spacial score (nSPS) is 11.1. The highest BCUT2D eigenvalue weighted by atomic mass is 19.1. The number of benzene rings is 2. The molecule has 11 heteroatoms. The summed E-state index contributed by atoms with van der Waals surface area (Å²) in [6.45, 7) is 0.582. The van der Waals surface area contributed by atoms with Crippen LogP contribution in [0.5, 0.6) is 0 Å². The Kier molecular flexibility index (Phi) is 7.18. The molecule has 0 saturated carbocycles. The molecule has 3 N–H and O–H groups in total. The third-order valence-corrected chi connectivity index (χ3v) is 3.51. The lowest BCUT2D eigenvalue weighted by molar-refractivity contribution is -0.384. The van der Waals surface area contributed by atoms with E-state index in [4.69, 9.17) is 4.74 Å². The van der Waals surface area contributed by atoms with Crippen molar-refractivity contribution in [1.82, 2.24) is 5.32 Å². The number of nitro groups is 1. The van der Waals surface area contributed by atoms with Gasteiger partial charge in [-0.3, -0.25) is 14.9 Å². The number of esters is 1. The van der Waals surface area contributed by atoms with E-state index in [1.807, 2.05) is 0 Å². The molecule has 2 aromatic carbocycles. The van der Waals surface area contributed by atoms with Crippen molar-refractivity contribution in [3.05, 3.63) is 64.5 Å². The number of anilines is 2. The van der Waals surface area contributed by atoms with E-state index < -0.39 is 52.7 Å². The van der Waals surface area contributed by atoms with Gasteiger partial charge in [-0.25, -0.2) is 14.0 Å². The van der Waals surface area contributed by atoms with Gasteiger partial charge in [-0.2, -0.15) is 0 Å². The number of para-hydroxylation sites is 1. The Bertz CT molecular complexity index is 922.